The number of ether oxygens (including phenoxy) is 1. The van der Waals surface area contributed by atoms with Crippen molar-refractivity contribution in [3.8, 4) is 5.75 Å². The Hall–Kier alpha value is -3.08. The quantitative estimate of drug-likeness (QED) is 0.571. The summed E-state index contributed by atoms with van der Waals surface area (Å²) < 4.78 is 5.91. The second-order valence-corrected chi connectivity index (χ2v) is 6.48. The molecule has 0 saturated carbocycles. The molecule has 0 N–H and O–H groups in total. The highest BCUT2D eigenvalue weighted by Gasteiger charge is 2.17. The number of hydrogen-bond acceptors (Lipinski definition) is 4. The standard InChI is InChI=1S/C21H22N2O3/c1-15-7-6-9-20(23(24)25)18(15)14-26-21-11-10-17(13-16(21)2)19-8-4-5-12-22(19)3/h4-13,19H,14H2,1-3H3. The van der Waals surface area contributed by atoms with Crippen LogP contribution in [0.25, 0.3) is 0 Å². The van der Waals surface area contributed by atoms with Crippen molar-refractivity contribution in [2.45, 2.75) is 26.5 Å². The Morgan fingerprint density at radius 1 is 1.15 bits per heavy atom. The van der Waals surface area contributed by atoms with Crippen LogP contribution in [0.4, 0.5) is 5.69 Å². The predicted molar refractivity (Wildman–Crippen MR) is 102 cm³/mol. The number of rotatable bonds is 5. The summed E-state index contributed by atoms with van der Waals surface area (Å²) in [5.74, 6) is 0.740. The van der Waals surface area contributed by atoms with E-state index in [9.17, 15) is 10.1 Å². The minimum Gasteiger partial charge on any atom is -0.488 e. The number of allylic oxidation sites excluding steroid dienone is 2. The van der Waals surface area contributed by atoms with Gasteiger partial charge < -0.3 is 9.64 Å². The summed E-state index contributed by atoms with van der Waals surface area (Å²) in [6.45, 7) is 4.03. The van der Waals surface area contributed by atoms with Crippen molar-refractivity contribution in [3.63, 3.8) is 0 Å². The van der Waals surface area contributed by atoms with Crippen molar-refractivity contribution < 1.29 is 9.66 Å². The predicted octanol–water partition coefficient (Wildman–Crippen LogP) is 4.85. The number of benzene rings is 2. The Morgan fingerprint density at radius 2 is 1.96 bits per heavy atom. The van der Waals surface area contributed by atoms with E-state index in [1.165, 1.54) is 11.6 Å². The Bertz CT molecular complexity index is 887. The van der Waals surface area contributed by atoms with Crippen molar-refractivity contribution >= 4 is 5.69 Å². The fraction of sp³-hybridized carbons (Fsp3) is 0.238. The van der Waals surface area contributed by atoms with Crippen molar-refractivity contribution in [2.75, 3.05) is 7.05 Å². The molecule has 1 aliphatic rings. The molecule has 0 aliphatic carbocycles. The molecule has 0 aromatic heterocycles. The smallest absolute Gasteiger partial charge is 0.276 e. The first kappa shape index (κ1) is 17.7. The van der Waals surface area contributed by atoms with E-state index < -0.39 is 0 Å². The maximum atomic E-state index is 11.2. The highest BCUT2D eigenvalue weighted by Crippen LogP contribution is 2.30. The highest BCUT2D eigenvalue weighted by atomic mass is 16.6. The summed E-state index contributed by atoms with van der Waals surface area (Å²) in [6.07, 6.45) is 8.24. The van der Waals surface area contributed by atoms with Crippen molar-refractivity contribution in [1.82, 2.24) is 4.90 Å². The van der Waals surface area contributed by atoms with E-state index in [4.69, 9.17) is 4.74 Å². The Labute approximate surface area is 153 Å². The largest absolute Gasteiger partial charge is 0.488 e. The molecule has 0 amide bonds. The number of nitro groups is 1. The third kappa shape index (κ3) is 3.61. The van der Waals surface area contributed by atoms with Gasteiger partial charge >= 0.3 is 0 Å². The van der Waals surface area contributed by atoms with Gasteiger partial charge in [0, 0.05) is 13.1 Å². The van der Waals surface area contributed by atoms with Crippen LogP contribution in [0.5, 0.6) is 5.75 Å². The molecule has 5 heteroatoms. The van der Waals surface area contributed by atoms with Crippen molar-refractivity contribution in [1.29, 1.82) is 0 Å². The third-order valence-electron chi connectivity index (χ3n) is 4.66. The number of hydrogen-bond donors (Lipinski definition) is 0. The van der Waals surface area contributed by atoms with Gasteiger partial charge in [0.05, 0.1) is 16.5 Å². The molecule has 1 unspecified atom stereocenters. The van der Waals surface area contributed by atoms with Gasteiger partial charge in [-0.2, -0.15) is 0 Å². The molecule has 0 saturated heterocycles. The molecule has 2 aromatic rings. The van der Waals surface area contributed by atoms with Crippen molar-refractivity contribution in [3.05, 3.63) is 93.2 Å². The van der Waals surface area contributed by atoms with E-state index in [0.717, 1.165) is 16.9 Å². The van der Waals surface area contributed by atoms with Gasteiger partial charge in [0.2, 0.25) is 0 Å². The van der Waals surface area contributed by atoms with Gasteiger partial charge in [0.1, 0.15) is 12.4 Å². The van der Waals surface area contributed by atoms with Crippen LogP contribution < -0.4 is 4.74 Å². The van der Waals surface area contributed by atoms with Crippen LogP contribution in [-0.4, -0.2) is 16.9 Å². The monoisotopic (exact) mass is 350 g/mol. The van der Waals surface area contributed by atoms with E-state index >= 15 is 0 Å². The second-order valence-electron chi connectivity index (χ2n) is 6.48. The topological polar surface area (TPSA) is 55.6 Å². The average molecular weight is 350 g/mol. The molecular weight excluding hydrogens is 328 g/mol. The number of likely N-dealkylation sites (N-methyl/N-ethyl adjacent to an activating group) is 1. The van der Waals surface area contributed by atoms with Gasteiger partial charge in [-0.15, -0.1) is 0 Å². The molecular formula is C21H22N2O3. The normalized spacial score (nSPS) is 16.0. The second kappa shape index (κ2) is 7.44. The molecule has 1 aliphatic heterocycles. The molecule has 1 atom stereocenters. The van der Waals surface area contributed by atoms with Crippen LogP contribution >= 0.6 is 0 Å². The summed E-state index contributed by atoms with van der Waals surface area (Å²) >= 11 is 0. The number of aryl methyl sites for hydroxylation is 2. The Morgan fingerprint density at radius 3 is 2.65 bits per heavy atom. The molecule has 0 spiro atoms. The van der Waals surface area contributed by atoms with E-state index in [0.29, 0.717) is 5.56 Å². The summed E-state index contributed by atoms with van der Waals surface area (Å²) in [6, 6.07) is 11.4. The van der Waals surface area contributed by atoms with Gasteiger partial charge in [-0.3, -0.25) is 10.1 Å². The highest BCUT2D eigenvalue weighted by molar-refractivity contribution is 5.45. The van der Waals surface area contributed by atoms with Crippen LogP contribution in [0.3, 0.4) is 0 Å². The third-order valence-corrected chi connectivity index (χ3v) is 4.66. The lowest BCUT2D eigenvalue weighted by Crippen LogP contribution is -2.18. The van der Waals surface area contributed by atoms with E-state index in [-0.39, 0.29) is 23.3 Å². The van der Waals surface area contributed by atoms with Gasteiger partial charge in [-0.05, 0) is 48.9 Å². The molecule has 0 radical (unpaired) electrons. The van der Waals surface area contributed by atoms with Gasteiger partial charge in [-0.25, -0.2) is 0 Å². The number of nitro benzene ring substituents is 1. The molecule has 2 aromatic carbocycles. The lowest BCUT2D eigenvalue weighted by molar-refractivity contribution is -0.385. The van der Waals surface area contributed by atoms with Gasteiger partial charge in [-0.1, -0.05) is 36.4 Å². The average Bonchev–Trinajstić information content (AvgIpc) is 2.61. The van der Waals surface area contributed by atoms with Crippen LogP contribution in [0.1, 0.15) is 28.3 Å². The molecule has 0 bridgehead atoms. The minimum atomic E-state index is -0.361. The molecule has 26 heavy (non-hydrogen) atoms. The first-order chi connectivity index (χ1) is 12.5. The SMILES string of the molecule is Cc1cc(C2C=CC=CN2C)ccc1OCc1c(C)cccc1[N+](=O)[O-]. The fourth-order valence-electron chi connectivity index (χ4n) is 3.14. The maximum absolute atomic E-state index is 11.2. The van der Waals surface area contributed by atoms with Gasteiger partial charge in [0.15, 0.2) is 0 Å². The zero-order valence-electron chi connectivity index (χ0n) is 15.2. The molecule has 0 fully saturated rings. The Kier molecular flexibility index (Phi) is 5.07. The van der Waals surface area contributed by atoms with E-state index in [1.54, 1.807) is 6.07 Å². The maximum Gasteiger partial charge on any atom is 0.276 e. The molecule has 5 nitrogen and oxygen atoms in total. The lowest BCUT2D eigenvalue weighted by atomic mass is 10.0. The molecule has 3 rings (SSSR count). The van der Waals surface area contributed by atoms with E-state index in [1.807, 2.05) is 57.4 Å². The summed E-state index contributed by atoms with van der Waals surface area (Å²) in [7, 11) is 2.04. The lowest BCUT2D eigenvalue weighted by Gasteiger charge is -2.27. The van der Waals surface area contributed by atoms with Crippen LogP contribution in [0, 0.1) is 24.0 Å². The first-order valence-corrected chi connectivity index (χ1v) is 8.50. The summed E-state index contributed by atoms with van der Waals surface area (Å²) in [4.78, 5) is 13.0. The molecule has 1 heterocycles. The zero-order chi connectivity index (χ0) is 18.7. The number of nitrogens with zero attached hydrogens (tertiary/aromatic N) is 2. The van der Waals surface area contributed by atoms with Crippen LogP contribution in [0.2, 0.25) is 0 Å². The summed E-state index contributed by atoms with van der Waals surface area (Å²) in [5, 5.41) is 11.2. The van der Waals surface area contributed by atoms with Crippen molar-refractivity contribution in [2.24, 2.45) is 0 Å². The van der Waals surface area contributed by atoms with E-state index in [2.05, 4.69) is 17.0 Å². The Balaban J connectivity index is 1.79. The first-order valence-electron chi connectivity index (χ1n) is 8.50. The zero-order valence-corrected chi connectivity index (χ0v) is 15.2. The molecule has 134 valence electrons. The van der Waals surface area contributed by atoms with Crippen LogP contribution in [-0.2, 0) is 6.61 Å². The van der Waals surface area contributed by atoms with Crippen LogP contribution in [0.15, 0.2) is 60.8 Å². The summed E-state index contributed by atoms with van der Waals surface area (Å²) in [5.41, 5.74) is 3.75. The van der Waals surface area contributed by atoms with Gasteiger partial charge in [0.25, 0.3) is 5.69 Å². The fourth-order valence-corrected chi connectivity index (χ4v) is 3.14. The minimum absolute atomic E-state index is 0.0972.